The molecule has 2 atom stereocenters. The van der Waals surface area contributed by atoms with Crippen molar-refractivity contribution in [1.82, 2.24) is 10.2 Å². The number of carbonyl (C=O) groups is 1. The van der Waals surface area contributed by atoms with E-state index in [-0.39, 0.29) is 12.0 Å². The van der Waals surface area contributed by atoms with E-state index in [1.165, 1.54) is 6.42 Å². The fraction of sp³-hybridized carbons (Fsp3) is 0.769. The highest BCUT2D eigenvalue weighted by Gasteiger charge is 2.21. The Morgan fingerprint density at radius 2 is 2.47 bits per heavy atom. The first-order valence-corrected chi connectivity index (χ1v) is 6.32. The van der Waals surface area contributed by atoms with Crippen LogP contribution in [0, 0.1) is 5.92 Å². The van der Waals surface area contributed by atoms with Crippen molar-refractivity contribution < 1.29 is 9.53 Å². The van der Waals surface area contributed by atoms with E-state index in [0.29, 0.717) is 12.5 Å². The summed E-state index contributed by atoms with van der Waals surface area (Å²) < 4.78 is 5.39. The summed E-state index contributed by atoms with van der Waals surface area (Å²) in [5, 5.41) is 2.96. The number of likely N-dealkylation sites (tertiary alicyclic amines) is 1. The van der Waals surface area contributed by atoms with Gasteiger partial charge in [-0.05, 0) is 39.3 Å². The Bertz CT molecular complexity index is 256. The lowest BCUT2D eigenvalue weighted by molar-refractivity contribution is -0.131. The summed E-state index contributed by atoms with van der Waals surface area (Å²) in [7, 11) is 2.11. The van der Waals surface area contributed by atoms with Crippen LogP contribution in [0.25, 0.3) is 0 Å². The molecular weight excluding hydrogens is 216 g/mol. The summed E-state index contributed by atoms with van der Waals surface area (Å²) in [6.45, 7) is 8.93. The SMILES string of the molecule is C=CCCO[C@@H](C)C(=O)NC[C@@H]1CCN(C)C1. The van der Waals surface area contributed by atoms with Gasteiger partial charge in [0, 0.05) is 13.1 Å². The van der Waals surface area contributed by atoms with E-state index in [1.54, 1.807) is 13.0 Å². The number of nitrogens with one attached hydrogen (secondary N) is 1. The van der Waals surface area contributed by atoms with Gasteiger partial charge >= 0.3 is 0 Å². The monoisotopic (exact) mass is 240 g/mol. The highest BCUT2D eigenvalue weighted by molar-refractivity contribution is 5.80. The third kappa shape index (κ3) is 5.33. The van der Waals surface area contributed by atoms with E-state index in [1.807, 2.05) is 0 Å². The largest absolute Gasteiger partial charge is 0.368 e. The Morgan fingerprint density at radius 1 is 1.71 bits per heavy atom. The molecule has 0 aliphatic carbocycles. The molecule has 0 saturated carbocycles. The molecule has 1 saturated heterocycles. The Morgan fingerprint density at radius 3 is 3.06 bits per heavy atom. The summed E-state index contributed by atoms with van der Waals surface area (Å²) in [4.78, 5) is 14.0. The van der Waals surface area contributed by atoms with Gasteiger partial charge in [0.25, 0.3) is 0 Å². The maximum Gasteiger partial charge on any atom is 0.248 e. The molecule has 0 aromatic rings. The quantitative estimate of drug-likeness (QED) is 0.534. The van der Waals surface area contributed by atoms with Crippen molar-refractivity contribution in [3.8, 4) is 0 Å². The summed E-state index contributed by atoms with van der Waals surface area (Å²) in [5.41, 5.74) is 0. The summed E-state index contributed by atoms with van der Waals surface area (Å²) in [6, 6.07) is 0. The Hall–Kier alpha value is -0.870. The van der Waals surface area contributed by atoms with Gasteiger partial charge in [0.05, 0.1) is 6.61 Å². The first-order valence-electron chi connectivity index (χ1n) is 6.32. The van der Waals surface area contributed by atoms with Crippen molar-refractivity contribution >= 4 is 5.91 Å². The van der Waals surface area contributed by atoms with Crippen LogP contribution in [0.3, 0.4) is 0 Å². The van der Waals surface area contributed by atoms with Gasteiger partial charge in [-0.2, -0.15) is 0 Å². The molecule has 0 aromatic heterocycles. The van der Waals surface area contributed by atoms with Gasteiger partial charge in [-0.3, -0.25) is 4.79 Å². The summed E-state index contributed by atoms with van der Waals surface area (Å²) >= 11 is 0. The van der Waals surface area contributed by atoms with Crippen molar-refractivity contribution in [2.45, 2.75) is 25.9 Å². The average Bonchev–Trinajstić information content (AvgIpc) is 2.72. The molecule has 0 radical (unpaired) electrons. The number of carbonyl (C=O) groups excluding carboxylic acids is 1. The Balaban J connectivity index is 2.13. The first kappa shape index (κ1) is 14.2. The second-order valence-corrected chi connectivity index (χ2v) is 4.75. The second-order valence-electron chi connectivity index (χ2n) is 4.75. The van der Waals surface area contributed by atoms with E-state index >= 15 is 0 Å². The van der Waals surface area contributed by atoms with Crippen molar-refractivity contribution in [2.24, 2.45) is 5.92 Å². The molecule has 1 heterocycles. The summed E-state index contributed by atoms with van der Waals surface area (Å²) in [5.74, 6) is 0.577. The van der Waals surface area contributed by atoms with Crippen LogP contribution < -0.4 is 5.32 Å². The third-order valence-corrected chi connectivity index (χ3v) is 3.11. The lowest BCUT2D eigenvalue weighted by Crippen LogP contribution is -2.38. The maximum absolute atomic E-state index is 11.7. The van der Waals surface area contributed by atoms with E-state index < -0.39 is 0 Å². The molecule has 0 bridgehead atoms. The number of rotatable bonds is 7. The highest BCUT2D eigenvalue weighted by atomic mass is 16.5. The number of hydrogen-bond donors (Lipinski definition) is 1. The zero-order valence-electron chi connectivity index (χ0n) is 10.9. The van der Waals surface area contributed by atoms with Crippen LogP contribution in [0.5, 0.6) is 0 Å². The highest BCUT2D eigenvalue weighted by Crippen LogP contribution is 2.12. The van der Waals surface area contributed by atoms with Gasteiger partial charge in [0.2, 0.25) is 5.91 Å². The van der Waals surface area contributed by atoms with Crippen LogP contribution in [0.15, 0.2) is 12.7 Å². The number of hydrogen-bond acceptors (Lipinski definition) is 3. The molecule has 0 unspecified atom stereocenters. The van der Waals surface area contributed by atoms with Gasteiger partial charge < -0.3 is 15.0 Å². The normalized spacial score (nSPS) is 22.4. The lowest BCUT2D eigenvalue weighted by Gasteiger charge is -2.15. The molecule has 1 rings (SSSR count). The molecule has 1 N–H and O–H groups in total. The smallest absolute Gasteiger partial charge is 0.248 e. The predicted octanol–water partition coefficient (Wildman–Crippen LogP) is 1.04. The van der Waals surface area contributed by atoms with Crippen LogP contribution in [-0.2, 0) is 9.53 Å². The van der Waals surface area contributed by atoms with Crippen molar-refractivity contribution in [2.75, 3.05) is 33.3 Å². The Labute approximate surface area is 104 Å². The minimum Gasteiger partial charge on any atom is -0.368 e. The minimum absolute atomic E-state index is 0.0105. The van der Waals surface area contributed by atoms with Crippen molar-refractivity contribution in [1.29, 1.82) is 0 Å². The van der Waals surface area contributed by atoms with Crippen molar-refractivity contribution in [3.05, 3.63) is 12.7 Å². The molecule has 1 aliphatic heterocycles. The average molecular weight is 240 g/mol. The molecule has 0 aromatic carbocycles. The summed E-state index contributed by atoms with van der Waals surface area (Å²) in [6.07, 6.45) is 3.38. The molecular formula is C13H24N2O2. The number of amides is 1. The van der Waals surface area contributed by atoms with Gasteiger partial charge in [-0.15, -0.1) is 6.58 Å². The molecule has 98 valence electrons. The predicted molar refractivity (Wildman–Crippen MR) is 68.8 cm³/mol. The van der Waals surface area contributed by atoms with Gasteiger partial charge in [0.1, 0.15) is 6.10 Å². The molecule has 4 heteroatoms. The molecule has 4 nitrogen and oxygen atoms in total. The first-order chi connectivity index (χ1) is 8.13. The number of nitrogens with zero attached hydrogens (tertiary/aromatic N) is 1. The van der Waals surface area contributed by atoms with Crippen LogP contribution in [0.1, 0.15) is 19.8 Å². The second kappa shape index (κ2) is 7.45. The maximum atomic E-state index is 11.7. The van der Waals surface area contributed by atoms with Crippen molar-refractivity contribution in [3.63, 3.8) is 0 Å². The zero-order valence-corrected chi connectivity index (χ0v) is 10.9. The minimum atomic E-state index is -0.367. The van der Waals surface area contributed by atoms with E-state index in [4.69, 9.17) is 4.74 Å². The van der Waals surface area contributed by atoms with E-state index in [2.05, 4.69) is 23.8 Å². The number of ether oxygens (including phenoxy) is 1. The van der Waals surface area contributed by atoms with Gasteiger partial charge in [-0.25, -0.2) is 0 Å². The van der Waals surface area contributed by atoms with Gasteiger partial charge in [-0.1, -0.05) is 6.08 Å². The fourth-order valence-electron chi connectivity index (χ4n) is 1.99. The lowest BCUT2D eigenvalue weighted by atomic mass is 10.1. The molecule has 1 aliphatic rings. The molecule has 0 spiro atoms. The zero-order chi connectivity index (χ0) is 12.7. The van der Waals surface area contributed by atoms with Crippen LogP contribution in [0.2, 0.25) is 0 Å². The standard InChI is InChI=1S/C13H24N2O2/c1-4-5-8-17-11(2)13(16)14-9-12-6-7-15(3)10-12/h4,11-12H,1,5-10H2,2-3H3,(H,14,16)/t11-,12-/m0/s1. The molecule has 17 heavy (non-hydrogen) atoms. The van der Waals surface area contributed by atoms with Crippen LogP contribution >= 0.6 is 0 Å². The van der Waals surface area contributed by atoms with Crippen LogP contribution in [0.4, 0.5) is 0 Å². The van der Waals surface area contributed by atoms with E-state index in [9.17, 15) is 4.79 Å². The Kier molecular flexibility index (Phi) is 6.22. The van der Waals surface area contributed by atoms with E-state index in [0.717, 1.165) is 26.1 Å². The van der Waals surface area contributed by atoms with Gasteiger partial charge in [0.15, 0.2) is 0 Å². The topological polar surface area (TPSA) is 41.6 Å². The molecule has 1 fully saturated rings. The third-order valence-electron chi connectivity index (χ3n) is 3.11. The van der Waals surface area contributed by atoms with Crippen LogP contribution in [-0.4, -0.2) is 50.2 Å². The molecule has 1 amide bonds. The fourth-order valence-corrected chi connectivity index (χ4v) is 1.99.